The molecule has 1 aromatic rings. The van der Waals surface area contributed by atoms with Gasteiger partial charge in [-0.05, 0) is 63.1 Å². The summed E-state index contributed by atoms with van der Waals surface area (Å²) in [7, 11) is 3.41. The van der Waals surface area contributed by atoms with Crippen molar-refractivity contribution in [2.45, 2.75) is 51.7 Å². The Balaban J connectivity index is 1.82. The summed E-state index contributed by atoms with van der Waals surface area (Å²) >= 11 is 0. The maximum atomic E-state index is 12.6. The van der Waals surface area contributed by atoms with E-state index < -0.39 is 5.60 Å². The summed E-state index contributed by atoms with van der Waals surface area (Å²) in [6, 6.07) is 6.52. The lowest BCUT2D eigenvalue weighted by molar-refractivity contribution is -0.210. The molecule has 1 aliphatic heterocycles. The lowest BCUT2D eigenvalue weighted by atomic mass is 9.73. The van der Waals surface area contributed by atoms with Gasteiger partial charge in [0.25, 0.3) is 0 Å². The standard InChI is InChI=1S/C20H29NO4/c1-20(2,3)25-19(22)15-9-14-10-16-13(7-6-8-18(16)23-4)11-17(14)21(12-15)24-5/h6-8,14-15,17H,9-12H2,1-5H3. The molecule has 0 N–H and O–H groups in total. The highest BCUT2D eigenvalue weighted by Crippen LogP contribution is 2.40. The normalized spacial score (nSPS) is 26.5. The first-order valence-corrected chi connectivity index (χ1v) is 9.00. The molecule has 0 bridgehead atoms. The summed E-state index contributed by atoms with van der Waals surface area (Å²) in [6.07, 6.45) is 2.66. The van der Waals surface area contributed by atoms with Crippen molar-refractivity contribution >= 4 is 5.97 Å². The molecule has 1 aromatic carbocycles. The molecule has 3 rings (SSSR count). The average molecular weight is 347 g/mol. The fraction of sp³-hybridized carbons (Fsp3) is 0.650. The largest absolute Gasteiger partial charge is 0.496 e. The number of esters is 1. The van der Waals surface area contributed by atoms with Crippen molar-refractivity contribution in [3.8, 4) is 5.75 Å². The number of piperidine rings is 1. The molecule has 1 saturated heterocycles. The first kappa shape index (κ1) is 18.2. The summed E-state index contributed by atoms with van der Waals surface area (Å²) in [4.78, 5) is 18.2. The first-order chi connectivity index (χ1) is 11.8. The molecular weight excluding hydrogens is 318 g/mol. The molecule has 1 aliphatic carbocycles. The van der Waals surface area contributed by atoms with E-state index in [0.717, 1.165) is 25.0 Å². The quantitative estimate of drug-likeness (QED) is 0.787. The molecule has 0 radical (unpaired) electrons. The number of fused-ring (bicyclic) bond motifs is 2. The summed E-state index contributed by atoms with van der Waals surface area (Å²) in [5.74, 6) is 1.02. The van der Waals surface area contributed by atoms with Gasteiger partial charge in [-0.25, -0.2) is 0 Å². The number of rotatable bonds is 3. The average Bonchev–Trinajstić information content (AvgIpc) is 2.56. The molecule has 0 amide bonds. The van der Waals surface area contributed by atoms with Gasteiger partial charge in [0.15, 0.2) is 0 Å². The van der Waals surface area contributed by atoms with Crippen molar-refractivity contribution in [1.82, 2.24) is 5.06 Å². The minimum absolute atomic E-state index is 0.126. The van der Waals surface area contributed by atoms with Gasteiger partial charge in [-0.2, -0.15) is 5.06 Å². The van der Waals surface area contributed by atoms with E-state index in [-0.39, 0.29) is 11.9 Å². The number of hydroxylamine groups is 2. The van der Waals surface area contributed by atoms with Gasteiger partial charge in [-0.3, -0.25) is 4.79 Å². The number of benzene rings is 1. The van der Waals surface area contributed by atoms with Gasteiger partial charge in [0.1, 0.15) is 11.4 Å². The molecule has 138 valence electrons. The fourth-order valence-corrected chi connectivity index (χ4v) is 4.15. The Morgan fingerprint density at radius 2 is 1.96 bits per heavy atom. The molecule has 3 unspecified atom stereocenters. The second kappa shape index (κ2) is 6.96. The van der Waals surface area contributed by atoms with Gasteiger partial charge in [0.2, 0.25) is 0 Å². The summed E-state index contributed by atoms with van der Waals surface area (Å²) in [6.45, 7) is 6.32. The summed E-state index contributed by atoms with van der Waals surface area (Å²) in [5.41, 5.74) is 2.12. The van der Waals surface area contributed by atoms with Crippen LogP contribution in [-0.4, -0.2) is 43.4 Å². The van der Waals surface area contributed by atoms with E-state index in [1.165, 1.54) is 11.1 Å². The van der Waals surface area contributed by atoms with Crippen molar-refractivity contribution in [3.05, 3.63) is 29.3 Å². The molecule has 1 fully saturated rings. The molecule has 1 heterocycles. The number of ether oxygens (including phenoxy) is 2. The highest BCUT2D eigenvalue weighted by Gasteiger charge is 2.43. The molecular formula is C20H29NO4. The van der Waals surface area contributed by atoms with Crippen molar-refractivity contribution in [2.24, 2.45) is 11.8 Å². The Bertz CT molecular complexity index is 637. The van der Waals surface area contributed by atoms with Crippen molar-refractivity contribution < 1.29 is 19.1 Å². The van der Waals surface area contributed by atoms with E-state index in [0.29, 0.717) is 18.5 Å². The molecule has 3 atom stereocenters. The Morgan fingerprint density at radius 3 is 2.60 bits per heavy atom. The van der Waals surface area contributed by atoms with Crippen LogP contribution in [0.25, 0.3) is 0 Å². The number of carbonyl (C=O) groups excluding carboxylic acids is 1. The van der Waals surface area contributed by atoms with Crippen LogP contribution in [-0.2, 0) is 27.2 Å². The minimum Gasteiger partial charge on any atom is -0.496 e. The number of hydrogen-bond acceptors (Lipinski definition) is 5. The Morgan fingerprint density at radius 1 is 1.20 bits per heavy atom. The van der Waals surface area contributed by atoms with Crippen molar-refractivity contribution in [2.75, 3.05) is 20.8 Å². The monoisotopic (exact) mass is 347 g/mol. The third-order valence-electron chi connectivity index (χ3n) is 5.22. The van der Waals surface area contributed by atoms with Crippen LogP contribution in [0.3, 0.4) is 0 Å². The van der Waals surface area contributed by atoms with Gasteiger partial charge in [-0.15, -0.1) is 0 Å². The van der Waals surface area contributed by atoms with Gasteiger partial charge in [0, 0.05) is 12.6 Å². The third-order valence-corrected chi connectivity index (χ3v) is 5.22. The van der Waals surface area contributed by atoms with E-state index in [1.54, 1.807) is 14.2 Å². The number of carbonyl (C=O) groups is 1. The van der Waals surface area contributed by atoms with Crippen LogP contribution in [0.1, 0.15) is 38.3 Å². The van der Waals surface area contributed by atoms with Gasteiger partial charge < -0.3 is 14.3 Å². The van der Waals surface area contributed by atoms with E-state index >= 15 is 0 Å². The van der Waals surface area contributed by atoms with Crippen LogP contribution in [0, 0.1) is 11.8 Å². The predicted octanol–water partition coefficient (Wildman–Crippen LogP) is 3.00. The molecule has 25 heavy (non-hydrogen) atoms. The second-order valence-corrected chi connectivity index (χ2v) is 8.08. The SMILES string of the molecule is COc1cccc2c1CC1CC(C(=O)OC(C)(C)C)CN(OC)C1C2. The highest BCUT2D eigenvalue weighted by molar-refractivity contribution is 5.73. The predicted molar refractivity (Wildman–Crippen MR) is 95.3 cm³/mol. The molecule has 2 aliphatic rings. The first-order valence-electron chi connectivity index (χ1n) is 9.00. The van der Waals surface area contributed by atoms with Crippen LogP contribution >= 0.6 is 0 Å². The number of hydrogen-bond donors (Lipinski definition) is 0. The van der Waals surface area contributed by atoms with E-state index in [1.807, 2.05) is 38.0 Å². The highest BCUT2D eigenvalue weighted by atomic mass is 16.7. The molecule has 0 aromatic heterocycles. The molecule has 5 heteroatoms. The zero-order valence-corrected chi connectivity index (χ0v) is 15.9. The van der Waals surface area contributed by atoms with Crippen molar-refractivity contribution in [3.63, 3.8) is 0 Å². The van der Waals surface area contributed by atoms with Crippen LogP contribution in [0.5, 0.6) is 5.75 Å². The minimum atomic E-state index is -0.464. The molecule has 5 nitrogen and oxygen atoms in total. The third kappa shape index (κ3) is 3.82. The Labute approximate surface area is 150 Å². The number of methoxy groups -OCH3 is 1. The summed E-state index contributed by atoms with van der Waals surface area (Å²) < 4.78 is 11.2. The van der Waals surface area contributed by atoms with Crippen LogP contribution in [0.15, 0.2) is 18.2 Å². The van der Waals surface area contributed by atoms with E-state index in [9.17, 15) is 4.79 Å². The Hall–Kier alpha value is -1.59. The zero-order valence-electron chi connectivity index (χ0n) is 15.9. The van der Waals surface area contributed by atoms with Crippen molar-refractivity contribution in [1.29, 1.82) is 0 Å². The number of nitrogens with zero attached hydrogens (tertiary/aromatic N) is 1. The Kier molecular flexibility index (Phi) is 5.07. The molecule has 0 saturated carbocycles. The maximum Gasteiger partial charge on any atom is 0.310 e. The topological polar surface area (TPSA) is 48.0 Å². The van der Waals surface area contributed by atoms with E-state index in [2.05, 4.69) is 6.07 Å². The van der Waals surface area contributed by atoms with Crippen LogP contribution < -0.4 is 4.74 Å². The van der Waals surface area contributed by atoms with Gasteiger partial charge in [-0.1, -0.05) is 12.1 Å². The maximum absolute atomic E-state index is 12.6. The van der Waals surface area contributed by atoms with Crippen LogP contribution in [0.2, 0.25) is 0 Å². The zero-order chi connectivity index (χ0) is 18.2. The smallest absolute Gasteiger partial charge is 0.310 e. The lowest BCUT2D eigenvalue weighted by Crippen LogP contribution is -2.53. The van der Waals surface area contributed by atoms with E-state index in [4.69, 9.17) is 14.3 Å². The second-order valence-electron chi connectivity index (χ2n) is 8.08. The lowest BCUT2D eigenvalue weighted by Gasteiger charge is -2.45. The van der Waals surface area contributed by atoms with Gasteiger partial charge >= 0.3 is 5.97 Å². The van der Waals surface area contributed by atoms with Gasteiger partial charge in [0.05, 0.1) is 20.1 Å². The molecule has 0 spiro atoms. The fourth-order valence-electron chi connectivity index (χ4n) is 4.15. The van der Waals surface area contributed by atoms with Crippen LogP contribution in [0.4, 0.5) is 0 Å². The summed E-state index contributed by atoms with van der Waals surface area (Å²) in [5, 5.41) is 1.98.